The van der Waals surface area contributed by atoms with Gasteiger partial charge in [0.1, 0.15) is 0 Å². The number of para-hydroxylation sites is 2. The Morgan fingerprint density at radius 3 is 1.35 bits per heavy atom. The van der Waals surface area contributed by atoms with E-state index >= 15 is 0 Å². The Bertz CT molecular complexity index is 496. The summed E-state index contributed by atoms with van der Waals surface area (Å²) in [6.07, 6.45) is 7.47. The third kappa shape index (κ3) is 8.25. The summed E-state index contributed by atoms with van der Waals surface area (Å²) >= 11 is 2.54. The van der Waals surface area contributed by atoms with E-state index in [-0.39, 0.29) is 11.5 Å². The second kappa shape index (κ2) is 9.96. The molecule has 2 aromatic rings. The molecule has 1 aliphatic rings. The Morgan fingerprint density at radius 1 is 0.750 bits per heavy atom. The Morgan fingerprint density at radius 2 is 1.20 bits per heavy atom. The minimum atomic E-state index is 0.0718. The van der Waals surface area contributed by atoms with Gasteiger partial charge in [0.2, 0.25) is 0 Å². The van der Waals surface area contributed by atoms with E-state index in [1.165, 1.54) is 28.6 Å². The first-order valence-electron chi connectivity index (χ1n) is 6.17. The van der Waals surface area contributed by atoms with E-state index in [1.807, 2.05) is 12.1 Å². The van der Waals surface area contributed by atoms with E-state index in [9.17, 15) is 10.2 Å². The molecule has 1 aliphatic carbocycles. The van der Waals surface area contributed by atoms with Gasteiger partial charge < -0.3 is 10.2 Å². The Labute approximate surface area is 129 Å². The average molecular weight is 302 g/mol. The first-order valence-corrected chi connectivity index (χ1v) is 6.87. The maximum absolute atomic E-state index is 10.3. The van der Waals surface area contributed by atoms with Gasteiger partial charge in [0.05, 0.1) is 0 Å². The van der Waals surface area contributed by atoms with E-state index in [0.29, 0.717) is 0 Å². The molecule has 0 bridgehead atoms. The molecule has 0 aromatic heterocycles. The Balaban J connectivity index is 0.000000151. The second-order valence-electron chi connectivity index (χ2n) is 3.92. The minimum absolute atomic E-state index is 0.0718. The molecule has 3 heteroatoms. The van der Waals surface area contributed by atoms with Crippen LogP contribution in [-0.2, 0) is 17.4 Å². The quantitative estimate of drug-likeness (QED) is 0.751. The molecule has 0 aliphatic heterocycles. The molecule has 0 saturated carbocycles. The summed E-state index contributed by atoms with van der Waals surface area (Å²) in [6, 6.07) is 16.7. The zero-order valence-corrected chi connectivity index (χ0v) is 12.4. The van der Waals surface area contributed by atoms with Crippen molar-refractivity contribution in [2.45, 2.75) is 6.42 Å². The van der Waals surface area contributed by atoms with E-state index in [2.05, 4.69) is 35.7 Å². The molecule has 3 rings (SSSR count). The normalized spacial score (nSPS) is 11.4. The summed E-state index contributed by atoms with van der Waals surface area (Å²) in [5.41, 5.74) is 0. The van der Waals surface area contributed by atoms with Crippen LogP contribution in [0.1, 0.15) is 6.42 Å². The van der Waals surface area contributed by atoms with Crippen molar-refractivity contribution in [2.75, 3.05) is 0 Å². The van der Waals surface area contributed by atoms with Crippen molar-refractivity contribution in [2.24, 2.45) is 0 Å². The molecule has 0 saturated heterocycles. The van der Waals surface area contributed by atoms with Crippen LogP contribution < -0.4 is 10.2 Å². The van der Waals surface area contributed by atoms with Gasteiger partial charge in [0.15, 0.2) is 0 Å². The van der Waals surface area contributed by atoms with E-state index in [0.717, 1.165) is 6.42 Å². The van der Waals surface area contributed by atoms with Gasteiger partial charge in [-0.3, -0.25) is 0 Å². The molecule has 0 heterocycles. The van der Waals surface area contributed by atoms with Crippen LogP contribution in [0.2, 0.25) is 0 Å². The molecule has 100 valence electrons. The van der Waals surface area contributed by atoms with Crippen molar-refractivity contribution in [3.8, 4) is 11.5 Å². The second-order valence-corrected chi connectivity index (χ2v) is 4.81. The van der Waals surface area contributed by atoms with Crippen LogP contribution in [0.3, 0.4) is 0 Å². The summed E-state index contributed by atoms with van der Waals surface area (Å²) in [5, 5.41) is 20.5. The van der Waals surface area contributed by atoms with Crippen molar-refractivity contribution < 1.29 is 27.6 Å². The average Bonchev–Trinajstić information content (AvgIpc) is 2.93. The van der Waals surface area contributed by atoms with Gasteiger partial charge in [0, 0.05) is 0 Å². The molecule has 2 aromatic carbocycles. The maximum atomic E-state index is 10.3. The molecular formula is C17H15O2V. The van der Waals surface area contributed by atoms with E-state index < -0.39 is 0 Å². The fourth-order valence-corrected chi connectivity index (χ4v) is 1.58. The van der Waals surface area contributed by atoms with Gasteiger partial charge in [-0.1, -0.05) is 60.7 Å². The monoisotopic (exact) mass is 302 g/mol. The summed E-state index contributed by atoms with van der Waals surface area (Å²) in [6.45, 7) is 0. The van der Waals surface area contributed by atoms with Gasteiger partial charge in [-0.05, 0) is 0 Å². The first-order chi connectivity index (χ1) is 9.68. The zero-order valence-electron chi connectivity index (χ0n) is 11.0. The van der Waals surface area contributed by atoms with Gasteiger partial charge in [-0.2, -0.15) is 0 Å². The Hall–Kier alpha value is -1.90. The molecule has 0 unspecified atom stereocenters. The summed E-state index contributed by atoms with van der Waals surface area (Å²) in [4.78, 5) is 0. The van der Waals surface area contributed by atoms with Gasteiger partial charge in [-0.15, -0.1) is 11.5 Å². The van der Waals surface area contributed by atoms with Crippen LogP contribution in [0, 0.1) is 0 Å². The van der Waals surface area contributed by atoms with Crippen LogP contribution in [-0.4, -0.2) is 0 Å². The van der Waals surface area contributed by atoms with Gasteiger partial charge >= 0.3 is 46.4 Å². The molecule has 0 atom stereocenters. The van der Waals surface area contributed by atoms with Crippen molar-refractivity contribution >= 4 is 0 Å². The zero-order chi connectivity index (χ0) is 14.6. The van der Waals surface area contributed by atoms with Crippen LogP contribution in [0.4, 0.5) is 0 Å². The number of hydrogen-bond acceptors (Lipinski definition) is 2. The molecule has 2 nitrogen and oxygen atoms in total. The molecule has 0 radical (unpaired) electrons. The molecule has 20 heavy (non-hydrogen) atoms. The number of hydrogen-bond donors (Lipinski definition) is 0. The molecule has 0 amide bonds. The summed E-state index contributed by atoms with van der Waals surface area (Å²) < 4.78 is 1.41. The van der Waals surface area contributed by atoms with Crippen LogP contribution in [0.15, 0.2) is 83.2 Å². The third-order valence-corrected chi connectivity index (χ3v) is 2.76. The SMILES string of the molecule is [O-]c1ccccc1.[O-]c1ccccc1.[V+2][C]1=CC=CC1. The van der Waals surface area contributed by atoms with Crippen molar-refractivity contribution in [3.63, 3.8) is 0 Å². The molecule has 0 N–H and O–H groups in total. The predicted octanol–water partition coefficient (Wildman–Crippen LogP) is 2.90. The predicted molar refractivity (Wildman–Crippen MR) is 73.6 cm³/mol. The van der Waals surface area contributed by atoms with Crippen molar-refractivity contribution in [1.82, 2.24) is 0 Å². The van der Waals surface area contributed by atoms with E-state index in [4.69, 9.17) is 0 Å². The fraction of sp³-hybridized carbons (Fsp3) is 0.0588. The summed E-state index contributed by atoms with van der Waals surface area (Å²) in [5.74, 6) is 0.144. The molecular weight excluding hydrogens is 287 g/mol. The standard InChI is InChI=1S/2C6H6O.C5H5.V/c2*7-6-4-2-1-3-5-6;1-2-4-5-3-1;/h2*1-5,7H;1-3H,4H2;/q;;;+2/p-2. The van der Waals surface area contributed by atoms with Crippen molar-refractivity contribution in [3.05, 3.63) is 83.2 Å². The van der Waals surface area contributed by atoms with E-state index in [1.54, 1.807) is 24.3 Å². The first kappa shape index (κ1) is 16.2. The van der Waals surface area contributed by atoms with Gasteiger partial charge in [-0.25, -0.2) is 0 Å². The molecule has 0 spiro atoms. The van der Waals surface area contributed by atoms with Crippen molar-refractivity contribution in [1.29, 1.82) is 0 Å². The topological polar surface area (TPSA) is 46.1 Å². The Kier molecular flexibility index (Phi) is 8.05. The van der Waals surface area contributed by atoms with Crippen LogP contribution in [0.5, 0.6) is 11.5 Å². The number of rotatable bonds is 0. The summed E-state index contributed by atoms with van der Waals surface area (Å²) in [7, 11) is 0. The van der Waals surface area contributed by atoms with Gasteiger partial charge in [0.25, 0.3) is 0 Å². The van der Waals surface area contributed by atoms with Crippen LogP contribution in [0.25, 0.3) is 0 Å². The number of allylic oxidation sites excluding steroid dienone is 4. The fourth-order valence-electron chi connectivity index (χ4n) is 1.28. The molecule has 0 fully saturated rings. The third-order valence-electron chi connectivity index (χ3n) is 2.24. The number of benzene rings is 2. The van der Waals surface area contributed by atoms with Crippen LogP contribution >= 0.6 is 0 Å².